The third kappa shape index (κ3) is 1.45. The molecule has 0 aromatic rings. The van der Waals surface area contributed by atoms with Crippen LogP contribution in [0.5, 0.6) is 0 Å². The van der Waals surface area contributed by atoms with Crippen LogP contribution in [0.3, 0.4) is 0 Å². The van der Waals surface area contributed by atoms with Gasteiger partial charge in [0.1, 0.15) is 0 Å². The van der Waals surface area contributed by atoms with Gasteiger partial charge in [0, 0.05) is 4.91 Å². The molecule has 0 fully saturated rings. The number of nitrogens with two attached hydrogens (primary N) is 1. The first-order valence-electron chi connectivity index (χ1n) is 3.85. The summed E-state index contributed by atoms with van der Waals surface area (Å²) in [6.45, 7) is 0. The molecule has 0 bridgehead atoms. The zero-order valence-electron chi connectivity index (χ0n) is 6.86. The van der Waals surface area contributed by atoms with Gasteiger partial charge < -0.3 is 5.73 Å². The van der Waals surface area contributed by atoms with Crippen molar-refractivity contribution in [3.63, 3.8) is 0 Å². The standard InChI is InChI=1S/C9H8N2OS/c10-9(12)6-3-1-2-4-7-8(6)13-5-11-7/h1-4H,5H2,(H2,10,12). The van der Waals surface area contributed by atoms with Crippen molar-refractivity contribution in [1.82, 2.24) is 0 Å². The molecule has 0 saturated heterocycles. The van der Waals surface area contributed by atoms with Gasteiger partial charge in [-0.05, 0) is 12.2 Å². The Balaban J connectivity index is 2.53. The van der Waals surface area contributed by atoms with E-state index in [0.717, 1.165) is 10.6 Å². The number of carbonyl (C=O) groups excluding carboxylic acids is 1. The van der Waals surface area contributed by atoms with Gasteiger partial charge in [-0.2, -0.15) is 0 Å². The van der Waals surface area contributed by atoms with Crippen LogP contribution in [-0.2, 0) is 4.79 Å². The fourth-order valence-electron chi connectivity index (χ4n) is 1.22. The Bertz CT molecular complexity index is 377. The summed E-state index contributed by atoms with van der Waals surface area (Å²) < 4.78 is 0. The lowest BCUT2D eigenvalue weighted by Gasteiger charge is -2.00. The predicted octanol–water partition coefficient (Wildman–Crippen LogP) is 0.997. The Morgan fingerprint density at radius 2 is 2.23 bits per heavy atom. The summed E-state index contributed by atoms with van der Waals surface area (Å²) >= 11 is 1.55. The minimum Gasteiger partial charge on any atom is -0.366 e. The zero-order valence-corrected chi connectivity index (χ0v) is 7.67. The smallest absolute Gasteiger partial charge is 0.249 e. The molecule has 2 N–H and O–H groups in total. The maximum Gasteiger partial charge on any atom is 0.249 e. The molecule has 2 rings (SSSR count). The highest BCUT2D eigenvalue weighted by molar-refractivity contribution is 8.04. The molecule has 0 atom stereocenters. The molecular formula is C9H8N2OS. The van der Waals surface area contributed by atoms with Crippen LogP contribution in [0.1, 0.15) is 0 Å². The van der Waals surface area contributed by atoms with Crippen molar-refractivity contribution in [3.8, 4) is 0 Å². The van der Waals surface area contributed by atoms with E-state index in [0.29, 0.717) is 11.4 Å². The normalized spacial score (nSPS) is 19.8. The first-order chi connectivity index (χ1) is 6.29. The monoisotopic (exact) mass is 192 g/mol. The number of fused-ring (bicyclic) bond motifs is 1. The van der Waals surface area contributed by atoms with E-state index in [1.165, 1.54) is 0 Å². The molecule has 0 saturated carbocycles. The van der Waals surface area contributed by atoms with Crippen molar-refractivity contribution in [1.29, 1.82) is 0 Å². The van der Waals surface area contributed by atoms with Gasteiger partial charge >= 0.3 is 0 Å². The minimum absolute atomic E-state index is 0.392. The van der Waals surface area contributed by atoms with Gasteiger partial charge in [-0.25, -0.2) is 0 Å². The Hall–Kier alpha value is -1.29. The first kappa shape index (κ1) is 8.31. The Morgan fingerprint density at radius 1 is 1.46 bits per heavy atom. The molecule has 1 heterocycles. The molecule has 1 aliphatic carbocycles. The van der Waals surface area contributed by atoms with Crippen LogP contribution in [0.15, 0.2) is 39.8 Å². The molecule has 0 radical (unpaired) electrons. The summed E-state index contributed by atoms with van der Waals surface area (Å²) in [5.41, 5.74) is 6.67. The molecule has 1 aliphatic heterocycles. The van der Waals surface area contributed by atoms with Crippen LogP contribution >= 0.6 is 11.8 Å². The summed E-state index contributed by atoms with van der Waals surface area (Å²) in [4.78, 5) is 16.2. The highest BCUT2D eigenvalue weighted by Gasteiger charge is 2.19. The summed E-state index contributed by atoms with van der Waals surface area (Å²) in [7, 11) is 0. The van der Waals surface area contributed by atoms with E-state index in [-0.39, 0.29) is 0 Å². The molecule has 13 heavy (non-hydrogen) atoms. The number of hydrogen-bond donors (Lipinski definition) is 1. The molecule has 0 aromatic heterocycles. The van der Waals surface area contributed by atoms with E-state index in [1.54, 1.807) is 23.9 Å². The molecule has 4 heteroatoms. The SMILES string of the molecule is NC(=O)C1=C2SCN=C2C=CC=C1. The predicted molar refractivity (Wildman–Crippen MR) is 54.4 cm³/mol. The van der Waals surface area contributed by atoms with Gasteiger partial charge in [0.15, 0.2) is 0 Å². The molecule has 2 aliphatic rings. The van der Waals surface area contributed by atoms with E-state index in [4.69, 9.17) is 5.73 Å². The number of thioether (sulfide) groups is 1. The lowest BCUT2D eigenvalue weighted by molar-refractivity contribution is -0.114. The van der Waals surface area contributed by atoms with E-state index >= 15 is 0 Å². The second kappa shape index (κ2) is 3.22. The van der Waals surface area contributed by atoms with Gasteiger partial charge in [0.05, 0.1) is 17.2 Å². The number of nitrogens with zero attached hydrogens (tertiary/aromatic N) is 1. The Morgan fingerprint density at radius 3 is 3.00 bits per heavy atom. The van der Waals surface area contributed by atoms with Crippen molar-refractivity contribution in [3.05, 3.63) is 34.8 Å². The number of carbonyl (C=O) groups is 1. The lowest BCUT2D eigenvalue weighted by Crippen LogP contribution is -2.14. The molecule has 0 aromatic carbocycles. The highest BCUT2D eigenvalue weighted by Crippen LogP contribution is 2.30. The second-order valence-corrected chi connectivity index (χ2v) is 3.60. The van der Waals surface area contributed by atoms with E-state index < -0.39 is 5.91 Å². The maximum atomic E-state index is 11.1. The van der Waals surface area contributed by atoms with Crippen LogP contribution in [0, 0.1) is 0 Å². The quantitative estimate of drug-likeness (QED) is 0.673. The van der Waals surface area contributed by atoms with Crippen molar-refractivity contribution in [2.75, 3.05) is 5.88 Å². The van der Waals surface area contributed by atoms with Gasteiger partial charge in [0.25, 0.3) is 0 Å². The van der Waals surface area contributed by atoms with Crippen molar-refractivity contribution in [2.24, 2.45) is 10.7 Å². The van der Waals surface area contributed by atoms with Crippen LogP contribution in [-0.4, -0.2) is 17.5 Å². The van der Waals surface area contributed by atoms with Crippen molar-refractivity contribution < 1.29 is 4.79 Å². The van der Waals surface area contributed by atoms with Crippen LogP contribution in [0.2, 0.25) is 0 Å². The topological polar surface area (TPSA) is 55.5 Å². The summed E-state index contributed by atoms with van der Waals surface area (Å²) in [5.74, 6) is 0.289. The molecule has 1 amide bonds. The average molecular weight is 192 g/mol. The molecule has 0 spiro atoms. The van der Waals surface area contributed by atoms with Gasteiger partial charge in [-0.15, -0.1) is 0 Å². The second-order valence-electron chi connectivity index (χ2n) is 2.64. The van der Waals surface area contributed by atoms with Crippen LogP contribution in [0.25, 0.3) is 0 Å². The number of aliphatic imine (C=N–C) groups is 1. The zero-order chi connectivity index (χ0) is 9.26. The summed E-state index contributed by atoms with van der Waals surface area (Å²) in [5, 5.41) is 0. The largest absolute Gasteiger partial charge is 0.366 e. The summed E-state index contributed by atoms with van der Waals surface area (Å²) in [6, 6.07) is 0. The Labute approximate surface area is 80.1 Å². The van der Waals surface area contributed by atoms with Crippen molar-refractivity contribution in [2.45, 2.75) is 0 Å². The summed E-state index contributed by atoms with van der Waals surface area (Å²) in [6.07, 6.45) is 7.28. The van der Waals surface area contributed by atoms with E-state index in [9.17, 15) is 4.79 Å². The molecule has 3 nitrogen and oxygen atoms in total. The van der Waals surface area contributed by atoms with Crippen LogP contribution < -0.4 is 5.73 Å². The third-order valence-electron chi connectivity index (χ3n) is 1.81. The van der Waals surface area contributed by atoms with E-state index in [1.807, 2.05) is 12.2 Å². The van der Waals surface area contributed by atoms with Gasteiger partial charge in [-0.3, -0.25) is 9.79 Å². The number of allylic oxidation sites excluding steroid dienone is 4. The van der Waals surface area contributed by atoms with Crippen molar-refractivity contribution >= 4 is 23.4 Å². The fourth-order valence-corrected chi connectivity index (χ4v) is 2.16. The number of hydrogen-bond acceptors (Lipinski definition) is 3. The number of primary amides is 1. The van der Waals surface area contributed by atoms with Gasteiger partial charge in [0.2, 0.25) is 5.91 Å². The first-order valence-corrected chi connectivity index (χ1v) is 4.84. The molecular weight excluding hydrogens is 184 g/mol. The fraction of sp³-hybridized carbons (Fsp3) is 0.111. The highest BCUT2D eigenvalue weighted by atomic mass is 32.2. The minimum atomic E-state index is -0.392. The maximum absolute atomic E-state index is 11.1. The average Bonchev–Trinajstić information content (AvgIpc) is 2.44. The molecule has 0 unspecified atom stereocenters. The number of amides is 1. The lowest BCUT2D eigenvalue weighted by atomic mass is 10.2. The number of rotatable bonds is 1. The van der Waals surface area contributed by atoms with E-state index in [2.05, 4.69) is 4.99 Å². The van der Waals surface area contributed by atoms with Gasteiger partial charge in [-0.1, -0.05) is 23.9 Å². The Kier molecular flexibility index (Phi) is 2.06. The molecule has 66 valence electrons. The van der Waals surface area contributed by atoms with Crippen LogP contribution in [0.4, 0.5) is 0 Å². The third-order valence-corrected chi connectivity index (χ3v) is 2.79.